The molecule has 0 spiro atoms. The normalized spacial score (nSPS) is 13.6. The van der Waals surface area contributed by atoms with Gasteiger partial charge in [-0.25, -0.2) is 0 Å². The van der Waals surface area contributed by atoms with Gasteiger partial charge in [-0.2, -0.15) is 15.8 Å². The number of allylic oxidation sites excluding steroid dienone is 3. The number of nitrogens with one attached hydrogen (secondary N) is 1. The second-order valence-corrected chi connectivity index (χ2v) is 5.76. The number of hydrogen-bond donors (Lipinski definition) is 2. The van der Waals surface area contributed by atoms with E-state index < -0.39 is 5.91 Å². The van der Waals surface area contributed by atoms with E-state index in [9.17, 15) is 4.79 Å². The first-order chi connectivity index (χ1) is 16.0. The van der Waals surface area contributed by atoms with E-state index in [1.165, 1.54) is 0 Å². The van der Waals surface area contributed by atoms with E-state index in [0.717, 1.165) is 12.0 Å². The minimum Gasteiger partial charge on any atom is -0.395 e. The number of nitriles is 3. The number of likely N-dealkylation sites (N-methyl/N-ethyl adjacent to an activating group) is 1. The fourth-order valence-corrected chi connectivity index (χ4v) is 2.23. The summed E-state index contributed by atoms with van der Waals surface area (Å²) < 4.78 is 0. The number of amides is 1. The van der Waals surface area contributed by atoms with Crippen molar-refractivity contribution in [1.29, 1.82) is 15.8 Å². The van der Waals surface area contributed by atoms with Gasteiger partial charge in [-0.1, -0.05) is 66.7 Å². The Morgan fingerprint density at radius 2 is 1.76 bits per heavy atom. The highest BCUT2D eigenvalue weighted by molar-refractivity contribution is 5.97. The van der Waals surface area contributed by atoms with E-state index in [2.05, 4.69) is 22.4 Å². The van der Waals surface area contributed by atoms with Crippen LogP contribution in [-0.4, -0.2) is 48.7 Å². The summed E-state index contributed by atoms with van der Waals surface area (Å²) in [7, 11) is 1.98. The molecule has 0 aliphatic heterocycles. The van der Waals surface area contributed by atoms with Gasteiger partial charge in [-0.05, 0) is 31.5 Å². The van der Waals surface area contributed by atoms with Gasteiger partial charge in [-0.3, -0.25) is 9.69 Å². The molecule has 0 aromatic heterocycles. The largest absolute Gasteiger partial charge is 0.395 e. The molecular formula is C26H45N5O2. The maximum absolute atomic E-state index is 11.8. The Morgan fingerprint density at radius 3 is 2.21 bits per heavy atom. The predicted octanol–water partition coefficient (Wildman–Crippen LogP) is 5.03. The zero-order valence-corrected chi connectivity index (χ0v) is 22.0. The molecule has 33 heavy (non-hydrogen) atoms. The predicted molar refractivity (Wildman–Crippen MR) is 137 cm³/mol. The van der Waals surface area contributed by atoms with Crippen molar-refractivity contribution in [3.63, 3.8) is 0 Å². The van der Waals surface area contributed by atoms with Crippen LogP contribution < -0.4 is 5.32 Å². The van der Waals surface area contributed by atoms with E-state index in [4.69, 9.17) is 20.9 Å². The number of aliphatic hydroxyl groups is 1. The number of carbonyl (C=O) groups excluding carboxylic acids is 1. The van der Waals surface area contributed by atoms with Gasteiger partial charge in [0, 0.05) is 32.0 Å². The summed E-state index contributed by atoms with van der Waals surface area (Å²) in [6.45, 7) is 14.5. The molecule has 0 saturated heterocycles. The Kier molecular flexibility index (Phi) is 35.4. The molecule has 0 heterocycles. The second-order valence-electron chi connectivity index (χ2n) is 5.76. The first-order valence-electron chi connectivity index (χ1n) is 11.8. The average Bonchev–Trinajstić information content (AvgIpc) is 3.13. The molecule has 7 nitrogen and oxygen atoms in total. The molecule has 2 N–H and O–H groups in total. The van der Waals surface area contributed by atoms with Gasteiger partial charge < -0.3 is 10.4 Å². The molecule has 0 radical (unpaired) electrons. The smallest absolute Gasteiger partial charge is 0.262 e. The highest BCUT2D eigenvalue weighted by atomic mass is 16.3. The van der Waals surface area contributed by atoms with Gasteiger partial charge in [-0.15, -0.1) is 0 Å². The first kappa shape index (κ1) is 37.4. The van der Waals surface area contributed by atoms with Crippen LogP contribution in [0.3, 0.4) is 0 Å². The summed E-state index contributed by atoms with van der Waals surface area (Å²) in [4.78, 5) is 13.9. The van der Waals surface area contributed by atoms with Crippen LogP contribution in [-0.2, 0) is 4.79 Å². The standard InChI is InChI=1S/C17H22N4O2.C3H5N.3C2H6/c1-21(10-3-8-18)16-5-2-4-14(6-7-16)12-15(13-19)17(23)20-9-11-22;1-2-3-4;3*1-2/h2,5-6,12,16,22H,3-4,7,9-11H2,1H3,(H,20,23);2H2,1H3;3*1-2H3/b15-12+;;;;. The minimum absolute atomic E-state index is 0.0365. The Balaban J connectivity index is -0.000000363. The van der Waals surface area contributed by atoms with E-state index in [-0.39, 0.29) is 24.8 Å². The molecule has 1 unspecified atom stereocenters. The van der Waals surface area contributed by atoms with Gasteiger partial charge in [0.2, 0.25) is 0 Å². The molecule has 0 aromatic rings. The summed E-state index contributed by atoms with van der Waals surface area (Å²) in [5, 5.41) is 36.6. The molecule has 186 valence electrons. The van der Waals surface area contributed by atoms with Crippen molar-refractivity contribution in [2.45, 2.75) is 80.2 Å². The molecule has 1 aliphatic carbocycles. The van der Waals surface area contributed by atoms with E-state index in [1.54, 1.807) is 6.08 Å². The van der Waals surface area contributed by atoms with Gasteiger partial charge in [0.25, 0.3) is 5.91 Å². The quantitative estimate of drug-likeness (QED) is 0.312. The van der Waals surface area contributed by atoms with Crippen LogP contribution in [0.1, 0.15) is 74.1 Å². The molecule has 0 fully saturated rings. The summed E-state index contributed by atoms with van der Waals surface area (Å²) >= 11 is 0. The summed E-state index contributed by atoms with van der Waals surface area (Å²) in [6.07, 6.45) is 10.2. The molecule has 1 amide bonds. The lowest BCUT2D eigenvalue weighted by Gasteiger charge is -2.22. The zero-order chi connectivity index (χ0) is 26.5. The Labute approximate surface area is 202 Å². The van der Waals surface area contributed by atoms with Crippen LogP contribution in [0.2, 0.25) is 0 Å². The lowest BCUT2D eigenvalue weighted by atomic mass is 10.1. The van der Waals surface area contributed by atoms with E-state index in [1.807, 2.05) is 79.8 Å². The van der Waals surface area contributed by atoms with Gasteiger partial charge in [0.05, 0.1) is 18.7 Å². The molecular weight excluding hydrogens is 414 g/mol. The van der Waals surface area contributed by atoms with Crippen molar-refractivity contribution in [1.82, 2.24) is 10.2 Å². The molecule has 7 heteroatoms. The second kappa shape index (κ2) is 31.3. The van der Waals surface area contributed by atoms with Crippen LogP contribution in [0.25, 0.3) is 0 Å². The molecule has 1 atom stereocenters. The molecule has 0 saturated carbocycles. The minimum atomic E-state index is -0.474. The van der Waals surface area contributed by atoms with Gasteiger partial charge >= 0.3 is 0 Å². The monoisotopic (exact) mass is 459 g/mol. The number of nitrogens with zero attached hydrogens (tertiary/aromatic N) is 4. The lowest BCUT2D eigenvalue weighted by molar-refractivity contribution is -0.117. The van der Waals surface area contributed by atoms with Crippen LogP contribution in [0.15, 0.2) is 35.5 Å². The summed E-state index contributed by atoms with van der Waals surface area (Å²) in [5.74, 6) is -0.474. The Morgan fingerprint density at radius 1 is 1.18 bits per heavy atom. The maximum Gasteiger partial charge on any atom is 0.262 e. The topological polar surface area (TPSA) is 124 Å². The molecule has 1 rings (SSSR count). The molecule has 1 aliphatic rings. The fourth-order valence-electron chi connectivity index (χ4n) is 2.23. The molecule has 0 aromatic carbocycles. The van der Waals surface area contributed by atoms with E-state index in [0.29, 0.717) is 25.8 Å². The zero-order valence-electron chi connectivity index (χ0n) is 22.0. The Hall–Kier alpha value is -2.92. The van der Waals surface area contributed by atoms with Crippen molar-refractivity contribution in [3.05, 3.63) is 35.5 Å². The highest BCUT2D eigenvalue weighted by Crippen LogP contribution is 2.17. The first-order valence-corrected chi connectivity index (χ1v) is 11.8. The van der Waals surface area contributed by atoms with Gasteiger partial charge in [0.15, 0.2) is 0 Å². The third kappa shape index (κ3) is 22.1. The third-order valence-corrected chi connectivity index (χ3v) is 3.73. The van der Waals surface area contributed by atoms with Crippen LogP contribution in [0.4, 0.5) is 0 Å². The van der Waals surface area contributed by atoms with Crippen molar-refractivity contribution in [2.75, 3.05) is 26.7 Å². The van der Waals surface area contributed by atoms with Crippen LogP contribution in [0.5, 0.6) is 0 Å². The average molecular weight is 460 g/mol. The van der Waals surface area contributed by atoms with Crippen LogP contribution >= 0.6 is 0 Å². The number of carbonyl (C=O) groups is 1. The lowest BCUT2D eigenvalue weighted by Crippen LogP contribution is -2.30. The van der Waals surface area contributed by atoms with Crippen molar-refractivity contribution < 1.29 is 9.90 Å². The SMILES string of the molecule is CC.CC.CC.CCC#N.CN(CCC#N)C1C=CCC(/C=C(\C#N)C(=O)NCCO)=CC1. The fraction of sp³-hybridized carbons (Fsp3) is 0.615. The van der Waals surface area contributed by atoms with Crippen molar-refractivity contribution in [3.8, 4) is 18.2 Å². The van der Waals surface area contributed by atoms with Gasteiger partial charge in [0.1, 0.15) is 11.6 Å². The number of aliphatic hydroxyl groups excluding tert-OH is 1. The summed E-state index contributed by atoms with van der Waals surface area (Å²) in [5.41, 5.74) is 0.947. The highest BCUT2D eigenvalue weighted by Gasteiger charge is 2.14. The van der Waals surface area contributed by atoms with Crippen molar-refractivity contribution in [2.24, 2.45) is 0 Å². The van der Waals surface area contributed by atoms with Crippen LogP contribution in [0, 0.1) is 34.0 Å². The number of rotatable bonds is 7. The molecule has 0 bridgehead atoms. The Bertz CT molecular complexity index is 676. The number of hydrogen-bond acceptors (Lipinski definition) is 6. The van der Waals surface area contributed by atoms with Crippen molar-refractivity contribution >= 4 is 5.91 Å². The van der Waals surface area contributed by atoms with E-state index >= 15 is 0 Å². The third-order valence-electron chi connectivity index (χ3n) is 3.73. The summed E-state index contributed by atoms with van der Waals surface area (Å²) in [6, 6.07) is 6.17. The maximum atomic E-state index is 11.8.